The molecule has 1 fully saturated rings. The summed E-state index contributed by atoms with van der Waals surface area (Å²) < 4.78 is 21.9. The van der Waals surface area contributed by atoms with Gasteiger partial charge in [-0.05, 0) is 6.42 Å². The van der Waals surface area contributed by atoms with E-state index in [4.69, 9.17) is 11.6 Å². The number of alkyl halides is 1. The van der Waals surface area contributed by atoms with Crippen LogP contribution in [0.5, 0.6) is 0 Å². The second-order valence-electron chi connectivity index (χ2n) is 2.80. The van der Waals surface area contributed by atoms with Crippen LogP contribution in [0.15, 0.2) is 0 Å². The van der Waals surface area contributed by atoms with Gasteiger partial charge in [0.2, 0.25) is 5.91 Å². The number of rotatable bonds is 2. The summed E-state index contributed by atoms with van der Waals surface area (Å²) in [4.78, 5) is 10.7. The summed E-state index contributed by atoms with van der Waals surface area (Å²) in [7, 11) is -2.91. The standard InChI is InChI=1S/C6H10ClNO3S/c7-3-6(9)8-5-1-2-12(10,11)4-5/h5H,1-4H2,(H,8,9). The van der Waals surface area contributed by atoms with Gasteiger partial charge in [0.25, 0.3) is 0 Å². The topological polar surface area (TPSA) is 63.2 Å². The number of hydrogen-bond acceptors (Lipinski definition) is 3. The van der Waals surface area contributed by atoms with Crippen molar-refractivity contribution in [3.8, 4) is 0 Å². The molecule has 4 nitrogen and oxygen atoms in total. The molecule has 1 N–H and O–H groups in total. The van der Waals surface area contributed by atoms with Gasteiger partial charge in [-0.15, -0.1) is 11.6 Å². The Morgan fingerprint density at radius 2 is 2.25 bits per heavy atom. The molecule has 1 aliphatic heterocycles. The summed E-state index contributed by atoms with van der Waals surface area (Å²) in [6.45, 7) is 0. The Hall–Kier alpha value is -0.290. The van der Waals surface area contributed by atoms with Crippen LogP contribution in [-0.4, -0.2) is 37.8 Å². The summed E-state index contributed by atoms with van der Waals surface area (Å²) in [5.41, 5.74) is 0. The van der Waals surface area contributed by atoms with Gasteiger partial charge in [-0.2, -0.15) is 0 Å². The van der Waals surface area contributed by atoms with E-state index < -0.39 is 9.84 Å². The van der Waals surface area contributed by atoms with Crippen molar-refractivity contribution in [1.82, 2.24) is 5.32 Å². The molecule has 0 aromatic carbocycles. The van der Waals surface area contributed by atoms with Crippen molar-refractivity contribution in [2.45, 2.75) is 12.5 Å². The zero-order valence-corrected chi connectivity index (χ0v) is 7.99. The molecule has 6 heteroatoms. The molecule has 1 heterocycles. The molecule has 0 spiro atoms. The third-order valence-electron chi connectivity index (χ3n) is 1.72. The summed E-state index contributed by atoms with van der Waals surface area (Å²) in [5.74, 6) is -0.203. The molecule has 12 heavy (non-hydrogen) atoms. The Morgan fingerprint density at radius 3 is 2.67 bits per heavy atom. The summed E-state index contributed by atoms with van der Waals surface area (Å²) in [6, 6.07) is -0.235. The maximum Gasteiger partial charge on any atom is 0.235 e. The van der Waals surface area contributed by atoms with Gasteiger partial charge < -0.3 is 5.32 Å². The second-order valence-corrected chi connectivity index (χ2v) is 5.30. The van der Waals surface area contributed by atoms with Crippen molar-refractivity contribution >= 4 is 27.3 Å². The van der Waals surface area contributed by atoms with Gasteiger partial charge >= 0.3 is 0 Å². The first-order valence-corrected chi connectivity index (χ1v) is 5.95. The highest BCUT2D eigenvalue weighted by molar-refractivity contribution is 7.91. The molecular formula is C6H10ClNO3S. The first-order chi connectivity index (χ1) is 5.53. The van der Waals surface area contributed by atoms with Crippen molar-refractivity contribution in [2.24, 2.45) is 0 Å². The zero-order chi connectivity index (χ0) is 9.19. The van der Waals surface area contributed by atoms with E-state index in [1.165, 1.54) is 0 Å². The molecule has 70 valence electrons. The van der Waals surface area contributed by atoms with Crippen molar-refractivity contribution in [3.05, 3.63) is 0 Å². The number of halogens is 1. The highest BCUT2D eigenvalue weighted by atomic mass is 35.5. The van der Waals surface area contributed by atoms with Gasteiger partial charge in [-0.3, -0.25) is 4.79 Å². The minimum Gasteiger partial charge on any atom is -0.351 e. The number of hydrogen-bond donors (Lipinski definition) is 1. The Bertz CT molecular complexity index is 275. The fourth-order valence-electron chi connectivity index (χ4n) is 1.18. The van der Waals surface area contributed by atoms with Gasteiger partial charge in [0, 0.05) is 6.04 Å². The molecular weight excluding hydrogens is 202 g/mol. The van der Waals surface area contributed by atoms with Crippen molar-refractivity contribution in [1.29, 1.82) is 0 Å². The number of carbonyl (C=O) groups is 1. The molecule has 1 rings (SSSR count). The number of amides is 1. The fraction of sp³-hybridized carbons (Fsp3) is 0.833. The normalized spacial score (nSPS) is 26.9. The van der Waals surface area contributed by atoms with Gasteiger partial charge in [0.15, 0.2) is 9.84 Å². The van der Waals surface area contributed by atoms with Crippen molar-refractivity contribution in [2.75, 3.05) is 17.4 Å². The van der Waals surface area contributed by atoms with Crippen LogP contribution in [0.4, 0.5) is 0 Å². The second kappa shape index (κ2) is 3.62. The van der Waals surface area contributed by atoms with Crippen molar-refractivity contribution in [3.63, 3.8) is 0 Å². The highest BCUT2D eigenvalue weighted by Gasteiger charge is 2.28. The fourth-order valence-corrected chi connectivity index (χ4v) is 2.93. The molecule has 1 unspecified atom stereocenters. The van der Waals surface area contributed by atoms with Crippen molar-refractivity contribution < 1.29 is 13.2 Å². The van der Waals surface area contributed by atoms with E-state index in [0.717, 1.165) is 0 Å². The molecule has 0 aliphatic carbocycles. The van der Waals surface area contributed by atoms with E-state index in [-0.39, 0.29) is 29.3 Å². The molecule has 0 radical (unpaired) electrons. The molecule has 1 saturated heterocycles. The van der Waals surface area contributed by atoms with Gasteiger partial charge in [0.1, 0.15) is 5.88 Å². The van der Waals surface area contributed by atoms with Gasteiger partial charge in [-0.1, -0.05) is 0 Å². The predicted molar refractivity (Wildman–Crippen MR) is 45.9 cm³/mol. The minimum absolute atomic E-state index is 0.0512. The lowest BCUT2D eigenvalue weighted by Crippen LogP contribution is -2.36. The largest absolute Gasteiger partial charge is 0.351 e. The predicted octanol–water partition coefficient (Wildman–Crippen LogP) is -0.472. The van der Waals surface area contributed by atoms with Gasteiger partial charge in [-0.25, -0.2) is 8.42 Å². The van der Waals surface area contributed by atoms with Crippen LogP contribution in [-0.2, 0) is 14.6 Å². The lowest BCUT2D eigenvalue weighted by Gasteiger charge is -2.07. The molecule has 0 aromatic heterocycles. The van der Waals surface area contributed by atoms with Crippen LogP contribution in [0.1, 0.15) is 6.42 Å². The maximum absolute atomic E-state index is 10.9. The zero-order valence-electron chi connectivity index (χ0n) is 6.42. The number of sulfone groups is 1. The van der Waals surface area contributed by atoms with E-state index in [0.29, 0.717) is 6.42 Å². The Labute approximate surface area is 76.2 Å². The average molecular weight is 212 g/mol. The van der Waals surface area contributed by atoms with Crippen LogP contribution in [0, 0.1) is 0 Å². The van der Waals surface area contributed by atoms with E-state index in [2.05, 4.69) is 5.32 Å². The lowest BCUT2D eigenvalue weighted by atomic mass is 10.3. The van der Waals surface area contributed by atoms with Gasteiger partial charge in [0.05, 0.1) is 11.5 Å². The maximum atomic E-state index is 10.9. The first kappa shape index (κ1) is 9.80. The molecule has 0 aromatic rings. The molecule has 1 atom stereocenters. The molecule has 1 aliphatic rings. The van der Waals surface area contributed by atoms with E-state index >= 15 is 0 Å². The SMILES string of the molecule is O=C(CCl)NC1CCS(=O)(=O)C1. The highest BCUT2D eigenvalue weighted by Crippen LogP contribution is 2.10. The summed E-state index contributed by atoms with van der Waals surface area (Å²) >= 11 is 5.24. The minimum atomic E-state index is -2.91. The van der Waals surface area contributed by atoms with Crippen LogP contribution < -0.4 is 5.32 Å². The smallest absolute Gasteiger partial charge is 0.235 e. The third-order valence-corrected chi connectivity index (χ3v) is 3.73. The van der Waals surface area contributed by atoms with E-state index in [9.17, 15) is 13.2 Å². The Kier molecular flexibility index (Phi) is 2.95. The Balaban J connectivity index is 2.43. The lowest BCUT2D eigenvalue weighted by molar-refractivity contribution is -0.119. The Morgan fingerprint density at radius 1 is 1.58 bits per heavy atom. The number of nitrogens with one attached hydrogen (secondary N) is 1. The van der Waals surface area contributed by atoms with Crippen LogP contribution >= 0.6 is 11.6 Å². The average Bonchev–Trinajstić information content (AvgIpc) is 2.30. The quantitative estimate of drug-likeness (QED) is 0.628. The molecule has 1 amide bonds. The third kappa shape index (κ3) is 2.64. The first-order valence-electron chi connectivity index (χ1n) is 3.59. The molecule has 0 bridgehead atoms. The number of carbonyl (C=O) groups excluding carboxylic acids is 1. The molecule has 0 saturated carbocycles. The van der Waals surface area contributed by atoms with Crippen LogP contribution in [0.25, 0.3) is 0 Å². The van der Waals surface area contributed by atoms with E-state index in [1.54, 1.807) is 0 Å². The summed E-state index contributed by atoms with van der Waals surface area (Å²) in [5, 5.41) is 2.53. The summed E-state index contributed by atoms with van der Waals surface area (Å²) in [6.07, 6.45) is 0.505. The van der Waals surface area contributed by atoms with Crippen LogP contribution in [0.3, 0.4) is 0 Å². The van der Waals surface area contributed by atoms with Crippen LogP contribution in [0.2, 0.25) is 0 Å². The van der Waals surface area contributed by atoms with E-state index in [1.807, 2.05) is 0 Å². The monoisotopic (exact) mass is 211 g/mol.